The van der Waals surface area contributed by atoms with Gasteiger partial charge in [0, 0.05) is 62.8 Å². The quantitative estimate of drug-likeness (QED) is 0.364. The maximum absolute atomic E-state index is 9.11. The molecule has 0 bridgehead atoms. The van der Waals surface area contributed by atoms with E-state index in [1.807, 2.05) is 24.3 Å². The van der Waals surface area contributed by atoms with Crippen molar-refractivity contribution in [2.45, 2.75) is 39.7 Å². The van der Waals surface area contributed by atoms with E-state index in [1.54, 1.807) is 0 Å². The minimum absolute atomic E-state index is 0.653. The molecule has 2 aliphatic heterocycles. The summed E-state index contributed by atoms with van der Waals surface area (Å²) in [6.07, 6.45) is 3.71. The van der Waals surface area contributed by atoms with Crippen molar-refractivity contribution in [1.29, 1.82) is 5.26 Å². The number of piperidine rings is 1. The molecule has 2 aromatic carbocycles. The topological polar surface area (TPSA) is 82.5 Å². The number of piperazine rings is 1. The van der Waals surface area contributed by atoms with Crippen LogP contribution in [-0.4, -0.2) is 73.3 Å². The number of nitrogens with two attached hydrogens (primary N) is 1. The van der Waals surface area contributed by atoms with Crippen LogP contribution in [0, 0.1) is 31.1 Å². The number of anilines is 1. The lowest BCUT2D eigenvalue weighted by molar-refractivity contribution is 0.131. The molecular formula is C33H44N6O. The van der Waals surface area contributed by atoms with Gasteiger partial charge in [-0.05, 0) is 87.5 Å². The summed E-state index contributed by atoms with van der Waals surface area (Å²) in [5, 5.41) is 12.6. The summed E-state index contributed by atoms with van der Waals surface area (Å²) in [4.78, 5) is 5.25. The van der Waals surface area contributed by atoms with Crippen LogP contribution in [0.2, 0.25) is 0 Å². The normalized spacial score (nSPS) is 17.1. The molecule has 0 amide bonds. The van der Waals surface area contributed by atoms with Gasteiger partial charge in [0.2, 0.25) is 0 Å². The van der Waals surface area contributed by atoms with Crippen LogP contribution in [0.1, 0.15) is 41.8 Å². The van der Waals surface area contributed by atoms with E-state index in [4.69, 9.17) is 15.7 Å². The Morgan fingerprint density at radius 2 is 1.62 bits per heavy atom. The zero-order valence-electron chi connectivity index (χ0n) is 24.2. The number of ether oxygens (including phenoxy) is 1. The first-order valence-corrected chi connectivity index (χ1v) is 14.8. The maximum atomic E-state index is 9.11. The Hall–Kier alpha value is -3.31. The summed E-state index contributed by atoms with van der Waals surface area (Å²) in [6, 6.07) is 18.3. The highest BCUT2D eigenvalue weighted by Gasteiger charge is 2.22. The van der Waals surface area contributed by atoms with Crippen LogP contribution in [0.15, 0.2) is 48.5 Å². The molecule has 7 nitrogen and oxygen atoms in total. The fraction of sp³-hybridized carbons (Fsp3) is 0.485. The SMILES string of the molecule is Cc1c(N)c(-c2ccc(C#N)cc2)c(C)n1Cc1ccc(OCCCN2CCC(CN3CCNCC3)CC2)cc1. The van der Waals surface area contributed by atoms with Crippen molar-refractivity contribution in [2.24, 2.45) is 5.92 Å². The summed E-state index contributed by atoms with van der Waals surface area (Å²) in [5.41, 5.74) is 13.5. The van der Waals surface area contributed by atoms with E-state index in [9.17, 15) is 0 Å². The third-order valence-electron chi connectivity index (χ3n) is 8.72. The highest BCUT2D eigenvalue weighted by atomic mass is 16.5. The number of benzene rings is 2. The minimum Gasteiger partial charge on any atom is -0.494 e. The van der Waals surface area contributed by atoms with E-state index in [0.29, 0.717) is 5.56 Å². The number of likely N-dealkylation sites (tertiary alicyclic amines) is 1. The summed E-state index contributed by atoms with van der Waals surface area (Å²) >= 11 is 0. The standard InChI is InChI=1S/C33H44N6O/c1-25-32(30-8-4-27(22-34)5-9-30)33(35)26(2)39(25)24-28-6-10-31(11-7-28)40-21-3-16-37-17-12-29(13-18-37)23-38-19-14-36-15-20-38/h4-11,29,36H,3,12-21,23-24,35H2,1-2H3. The first kappa shape index (κ1) is 28.2. The average Bonchev–Trinajstić information content (AvgIpc) is 3.20. The molecule has 2 fully saturated rings. The summed E-state index contributed by atoms with van der Waals surface area (Å²) in [5.74, 6) is 1.79. The molecule has 212 valence electrons. The molecule has 5 rings (SSSR count). The van der Waals surface area contributed by atoms with Crippen molar-refractivity contribution < 1.29 is 4.74 Å². The van der Waals surface area contributed by atoms with E-state index in [0.717, 1.165) is 79.1 Å². The molecular weight excluding hydrogens is 496 g/mol. The van der Waals surface area contributed by atoms with Gasteiger partial charge in [0.15, 0.2) is 0 Å². The fourth-order valence-corrected chi connectivity index (χ4v) is 6.22. The molecule has 0 unspecified atom stereocenters. The lowest BCUT2D eigenvalue weighted by atomic mass is 9.96. The van der Waals surface area contributed by atoms with E-state index < -0.39 is 0 Å². The molecule has 7 heteroatoms. The molecule has 3 heterocycles. The van der Waals surface area contributed by atoms with Crippen LogP contribution in [-0.2, 0) is 6.54 Å². The molecule has 1 aromatic heterocycles. The van der Waals surface area contributed by atoms with Crippen molar-refractivity contribution in [3.63, 3.8) is 0 Å². The molecule has 2 aliphatic rings. The van der Waals surface area contributed by atoms with Crippen molar-refractivity contribution in [3.05, 3.63) is 71.0 Å². The molecule has 0 radical (unpaired) electrons. The van der Waals surface area contributed by atoms with Gasteiger partial charge in [-0.15, -0.1) is 0 Å². The number of nitriles is 1. The number of hydrogen-bond donors (Lipinski definition) is 2. The molecule has 2 saturated heterocycles. The Bertz CT molecular complexity index is 1280. The highest BCUT2D eigenvalue weighted by molar-refractivity contribution is 5.81. The van der Waals surface area contributed by atoms with Crippen molar-refractivity contribution in [3.8, 4) is 22.9 Å². The summed E-state index contributed by atoms with van der Waals surface area (Å²) in [6.45, 7) is 15.2. The Morgan fingerprint density at radius 3 is 2.30 bits per heavy atom. The molecule has 0 saturated carbocycles. The lowest BCUT2D eigenvalue weighted by Crippen LogP contribution is -2.47. The minimum atomic E-state index is 0.653. The smallest absolute Gasteiger partial charge is 0.119 e. The van der Waals surface area contributed by atoms with Gasteiger partial charge < -0.3 is 30.2 Å². The monoisotopic (exact) mass is 540 g/mol. The largest absolute Gasteiger partial charge is 0.494 e. The zero-order chi connectivity index (χ0) is 27.9. The van der Waals surface area contributed by atoms with E-state index >= 15 is 0 Å². The van der Waals surface area contributed by atoms with Crippen LogP contribution >= 0.6 is 0 Å². The second-order valence-electron chi connectivity index (χ2n) is 11.4. The lowest BCUT2D eigenvalue weighted by Gasteiger charge is -2.36. The van der Waals surface area contributed by atoms with Gasteiger partial charge in [0.05, 0.1) is 23.9 Å². The van der Waals surface area contributed by atoms with Crippen LogP contribution in [0.4, 0.5) is 5.69 Å². The zero-order valence-corrected chi connectivity index (χ0v) is 24.2. The number of nitrogens with one attached hydrogen (secondary N) is 1. The number of rotatable bonds is 10. The predicted octanol–water partition coefficient (Wildman–Crippen LogP) is 4.66. The average molecular weight is 541 g/mol. The highest BCUT2D eigenvalue weighted by Crippen LogP contribution is 2.35. The second kappa shape index (κ2) is 13.4. The Kier molecular flexibility index (Phi) is 9.43. The van der Waals surface area contributed by atoms with Gasteiger partial charge in [-0.25, -0.2) is 0 Å². The first-order chi connectivity index (χ1) is 19.5. The van der Waals surface area contributed by atoms with Crippen molar-refractivity contribution in [2.75, 3.05) is 64.7 Å². The molecule has 0 spiro atoms. The number of aromatic nitrogens is 1. The van der Waals surface area contributed by atoms with Gasteiger partial charge in [-0.1, -0.05) is 24.3 Å². The Morgan fingerprint density at radius 1 is 0.925 bits per heavy atom. The van der Waals surface area contributed by atoms with Crippen LogP contribution in [0.25, 0.3) is 11.1 Å². The Balaban J connectivity index is 1.07. The van der Waals surface area contributed by atoms with E-state index in [-0.39, 0.29) is 0 Å². The molecule has 3 aromatic rings. The first-order valence-electron chi connectivity index (χ1n) is 14.8. The van der Waals surface area contributed by atoms with Gasteiger partial charge in [-0.2, -0.15) is 5.26 Å². The van der Waals surface area contributed by atoms with E-state index in [1.165, 1.54) is 51.1 Å². The third kappa shape index (κ3) is 6.87. The van der Waals surface area contributed by atoms with Gasteiger partial charge in [0.1, 0.15) is 5.75 Å². The van der Waals surface area contributed by atoms with Gasteiger partial charge >= 0.3 is 0 Å². The predicted molar refractivity (Wildman–Crippen MR) is 163 cm³/mol. The number of hydrogen-bond acceptors (Lipinski definition) is 6. The summed E-state index contributed by atoms with van der Waals surface area (Å²) in [7, 11) is 0. The van der Waals surface area contributed by atoms with Crippen molar-refractivity contribution >= 4 is 5.69 Å². The number of nitrogen functional groups attached to an aromatic ring is 1. The van der Waals surface area contributed by atoms with E-state index in [2.05, 4.69) is 63.9 Å². The van der Waals surface area contributed by atoms with Crippen LogP contribution in [0.5, 0.6) is 5.75 Å². The van der Waals surface area contributed by atoms with Crippen molar-refractivity contribution in [1.82, 2.24) is 19.7 Å². The molecule has 0 atom stereocenters. The maximum Gasteiger partial charge on any atom is 0.119 e. The number of nitrogens with zero attached hydrogens (tertiary/aromatic N) is 4. The molecule has 3 N–H and O–H groups in total. The fourth-order valence-electron chi connectivity index (χ4n) is 6.22. The molecule has 40 heavy (non-hydrogen) atoms. The van der Waals surface area contributed by atoms with Crippen LogP contribution in [0.3, 0.4) is 0 Å². The third-order valence-corrected chi connectivity index (χ3v) is 8.72. The van der Waals surface area contributed by atoms with Gasteiger partial charge in [0.25, 0.3) is 0 Å². The summed E-state index contributed by atoms with van der Waals surface area (Å²) < 4.78 is 8.35. The second-order valence-corrected chi connectivity index (χ2v) is 11.4. The van der Waals surface area contributed by atoms with Crippen LogP contribution < -0.4 is 15.8 Å². The molecule has 0 aliphatic carbocycles. The Labute approximate surface area is 239 Å². The van der Waals surface area contributed by atoms with Gasteiger partial charge in [-0.3, -0.25) is 0 Å².